The molecule has 0 saturated carbocycles. The third kappa shape index (κ3) is 5.53. The van der Waals surface area contributed by atoms with Crippen molar-refractivity contribution in [2.45, 2.75) is 7.40 Å². The number of rotatable bonds is 3. The van der Waals surface area contributed by atoms with Crippen molar-refractivity contribution in [3.63, 3.8) is 0 Å². The molecule has 5 heterocycles. The van der Waals surface area contributed by atoms with Crippen LogP contribution in [0.1, 0.15) is 14.7 Å². The quantitative estimate of drug-likeness (QED) is 0.167. The monoisotopic (exact) mass is 750 g/mol. The van der Waals surface area contributed by atoms with Gasteiger partial charge in [0.1, 0.15) is 11.2 Å². The molecule has 0 atom stereocenters. The number of furan rings is 2. The first-order valence-electron chi connectivity index (χ1n) is 19.9. The molecule has 7 nitrogen and oxygen atoms in total. The number of hydrogen-bond acceptors (Lipinski definition) is 6. The van der Waals surface area contributed by atoms with Crippen molar-refractivity contribution in [1.29, 1.82) is 0 Å². The molecule has 0 unspecified atom stereocenters. The van der Waals surface area contributed by atoms with Crippen molar-refractivity contribution in [3.8, 4) is 28.2 Å². The topological polar surface area (TPSA) is 82.8 Å². The Balaban J connectivity index is 0.000000174. The smallest absolute Gasteiger partial charge is 0.232 e. The Morgan fingerprint density at radius 3 is 1.59 bits per heavy atom. The highest BCUT2D eigenvalue weighted by Gasteiger charge is 2.19. The lowest BCUT2D eigenvalue weighted by Gasteiger charge is -2.08. The summed E-state index contributed by atoms with van der Waals surface area (Å²) in [5, 5.41) is 6.45. The van der Waals surface area contributed by atoms with Crippen molar-refractivity contribution < 1.29 is 16.1 Å². The average molecular weight is 752 g/mol. The summed E-state index contributed by atoms with van der Waals surface area (Å²) >= 11 is 12.3. The molecule has 0 N–H and O–H groups in total. The maximum atomic E-state index is 6.31. The van der Waals surface area contributed by atoms with Gasteiger partial charge in [-0.25, -0.2) is 9.97 Å². The van der Waals surface area contributed by atoms with Gasteiger partial charge < -0.3 is 13.4 Å². The Morgan fingerprint density at radius 1 is 0.500 bits per heavy atom. The normalized spacial score (nSPS) is 11.8. The number of benzene rings is 6. The summed E-state index contributed by atoms with van der Waals surface area (Å²) in [7, 11) is 1.25. The maximum absolute atomic E-state index is 6.31. The van der Waals surface area contributed by atoms with E-state index in [9.17, 15) is 0 Å². The van der Waals surface area contributed by atoms with Crippen molar-refractivity contribution >= 4 is 89.1 Å². The van der Waals surface area contributed by atoms with E-state index >= 15 is 0 Å². The average Bonchev–Trinajstić information content (AvgIpc) is 3.98. The molecule has 11 rings (SSSR count). The summed E-state index contributed by atoms with van der Waals surface area (Å²) in [5.74, 6) is 0. The molecular weight excluding hydrogens is 713 g/mol. The minimum Gasteiger partial charge on any atom is -0.438 e. The van der Waals surface area contributed by atoms with Crippen molar-refractivity contribution in [2.75, 3.05) is 0 Å². The first kappa shape index (κ1) is 30.0. The molecule has 11 aromatic rings. The van der Waals surface area contributed by atoms with Crippen LogP contribution in [-0.2, 0) is 0 Å². The maximum Gasteiger partial charge on any atom is 0.232 e. The highest BCUT2D eigenvalue weighted by atomic mass is 35.5. The van der Waals surface area contributed by atoms with Crippen LogP contribution >= 0.6 is 23.2 Å². The molecule has 6 aromatic carbocycles. The Labute approximate surface area is 326 Å². The van der Waals surface area contributed by atoms with E-state index < -0.39 is 0 Å². The summed E-state index contributed by atoms with van der Waals surface area (Å²) in [6.07, 6.45) is 0. The second-order valence-corrected chi connectivity index (χ2v) is 13.2. The van der Waals surface area contributed by atoms with Crippen LogP contribution in [0.2, 0.25) is 10.6 Å². The molecule has 0 aliphatic rings. The largest absolute Gasteiger partial charge is 0.438 e. The third-order valence-electron chi connectivity index (χ3n) is 9.43. The molecule has 0 spiro atoms. The lowest BCUT2D eigenvalue weighted by atomic mass is 10.0. The van der Waals surface area contributed by atoms with E-state index in [4.69, 9.17) is 39.3 Å². The van der Waals surface area contributed by atoms with Crippen LogP contribution in [-0.4, -0.2) is 24.5 Å². The van der Waals surface area contributed by atoms with E-state index in [-0.39, 0.29) is 10.6 Å². The van der Waals surface area contributed by atoms with Gasteiger partial charge in [-0.3, -0.25) is 0 Å². The zero-order valence-electron chi connectivity index (χ0n) is 33.7. The number of hydrogen-bond donors (Lipinski definition) is 0. The molecule has 0 amide bonds. The third-order valence-corrected chi connectivity index (χ3v) is 9.77. The van der Waals surface area contributed by atoms with E-state index in [1.54, 1.807) is 0 Å². The molecule has 9 heteroatoms. The van der Waals surface area contributed by atoms with Gasteiger partial charge in [-0.2, -0.15) is 9.97 Å². The van der Waals surface area contributed by atoms with Crippen LogP contribution in [0.4, 0.5) is 0 Å². The summed E-state index contributed by atoms with van der Waals surface area (Å²) in [5.41, 5.74) is 9.54. The zero-order chi connectivity index (χ0) is 41.5. The Kier molecular flexibility index (Phi) is 7.47. The second kappa shape index (κ2) is 13.5. The fourth-order valence-electron chi connectivity index (χ4n) is 7.18. The molecule has 5 aromatic heterocycles. The van der Waals surface area contributed by atoms with Gasteiger partial charge in [0.05, 0.1) is 33.2 Å². The van der Waals surface area contributed by atoms with E-state index in [2.05, 4.69) is 91.2 Å². The van der Waals surface area contributed by atoms with Gasteiger partial charge in [-0.05, 0) is 65.7 Å². The minimum absolute atomic E-state index is 0.170. The van der Waals surface area contributed by atoms with Crippen molar-refractivity contribution in [1.82, 2.24) is 24.5 Å². The van der Waals surface area contributed by atoms with Crippen LogP contribution in [0.3, 0.4) is 0 Å². The molecule has 0 fully saturated rings. The molecule has 0 aliphatic carbocycles. The fourth-order valence-corrected chi connectivity index (χ4v) is 7.51. The Bertz CT molecular complexity index is 3180. The van der Waals surface area contributed by atoms with Gasteiger partial charge in [-0.15, -0.1) is 0 Å². The Hall–Kier alpha value is -6.54. The van der Waals surface area contributed by atoms with E-state index in [1.165, 1.54) is 12.8 Å². The summed E-state index contributed by atoms with van der Waals surface area (Å²) in [6, 6.07) is 51.0. The number of para-hydroxylation sites is 4. The summed E-state index contributed by atoms with van der Waals surface area (Å²) in [6.45, 7) is 0. The highest BCUT2D eigenvalue weighted by molar-refractivity contribution is 6.29. The lowest BCUT2D eigenvalue weighted by molar-refractivity contribution is 0.652. The van der Waals surface area contributed by atoms with Gasteiger partial charge in [0.2, 0.25) is 22.0 Å². The number of halogens is 2. The summed E-state index contributed by atoms with van der Waals surface area (Å²) < 4.78 is 39.8. The SMILES string of the molecule is Clc1nc(-c2ccc3c(c2)c2ccccc2n3-c2ccccc2)c2c(n1)oc1ccccc12.Clc1nc(-c2ccccc2)c2c(n1)oc1ccccc12.[2H]C.[2H][2H].[2H][2H]. The second-order valence-electron chi connectivity index (χ2n) is 12.5. The lowest BCUT2D eigenvalue weighted by Crippen LogP contribution is -1.93. The van der Waals surface area contributed by atoms with Crippen LogP contribution in [0.5, 0.6) is 0 Å². The van der Waals surface area contributed by atoms with Crippen LogP contribution < -0.4 is 0 Å². The van der Waals surface area contributed by atoms with Crippen LogP contribution in [0.25, 0.3) is 94.1 Å². The Morgan fingerprint density at radius 2 is 0.981 bits per heavy atom. The molecule has 0 bridgehead atoms. The first-order valence-corrected chi connectivity index (χ1v) is 17.7. The van der Waals surface area contributed by atoms with Gasteiger partial charge >= 0.3 is 0 Å². The van der Waals surface area contributed by atoms with Gasteiger partial charge in [0.15, 0.2) is 0 Å². The predicted molar refractivity (Wildman–Crippen MR) is 225 cm³/mol. The zero-order valence-corrected chi connectivity index (χ0v) is 30.3. The summed E-state index contributed by atoms with van der Waals surface area (Å²) in [4.78, 5) is 17.5. The number of fused-ring (bicyclic) bond motifs is 9. The van der Waals surface area contributed by atoms with E-state index in [0.717, 1.165) is 77.3 Å². The van der Waals surface area contributed by atoms with E-state index in [0.29, 0.717) is 11.4 Å². The van der Waals surface area contributed by atoms with Gasteiger partial charge in [-0.1, -0.05) is 117 Å². The molecule has 264 valence electrons. The molecule has 0 radical (unpaired) electrons. The standard InChI is InChI=1S/C28H16ClN3O.C16H9ClN2O.CH4.2H2/c29-28-30-26(25-20-11-5-7-13-24(20)33-27(25)31-28)17-14-15-23-21(16-17)19-10-4-6-12-22(19)32(23)18-8-2-1-3-9-18;17-16-18-14(10-6-2-1-3-7-10)13-11-8-4-5-9-12(11)20-15(13)19-16;;;/h1-16H;1-9H;1H4;2*1H/i;;1D;2*1+1D. The van der Waals surface area contributed by atoms with Crippen molar-refractivity contribution in [2.24, 2.45) is 0 Å². The molecule has 0 aliphatic heterocycles. The van der Waals surface area contributed by atoms with Crippen LogP contribution in [0, 0.1) is 0 Å². The van der Waals surface area contributed by atoms with Gasteiger partial charge in [0.25, 0.3) is 0 Å². The minimum atomic E-state index is 0.170. The van der Waals surface area contributed by atoms with Crippen molar-refractivity contribution in [3.05, 3.63) is 162 Å². The number of aromatic nitrogens is 5. The molecular formula is C45H33Cl2N5O2. The highest BCUT2D eigenvalue weighted by Crippen LogP contribution is 2.39. The predicted octanol–water partition coefficient (Wildman–Crippen LogP) is 13.6. The van der Waals surface area contributed by atoms with E-state index in [1.807, 2.05) is 84.9 Å². The fraction of sp³-hybridized carbons (Fsp3) is 0.0222. The van der Waals surface area contributed by atoms with Crippen LogP contribution in [0.15, 0.2) is 160 Å². The number of nitrogens with zero attached hydrogens (tertiary/aromatic N) is 5. The molecule has 0 saturated heterocycles. The molecule has 54 heavy (non-hydrogen) atoms. The van der Waals surface area contributed by atoms with Gasteiger partial charge in [0, 0.05) is 45.7 Å². The first-order chi connectivity index (χ1) is 29.1.